The van der Waals surface area contributed by atoms with E-state index in [4.69, 9.17) is 0 Å². The molecule has 0 amide bonds. The molecule has 4 nitrogen and oxygen atoms in total. The first-order chi connectivity index (χ1) is 12.7. The van der Waals surface area contributed by atoms with E-state index in [9.17, 15) is 4.79 Å². The molecular weight excluding hydrogens is 342 g/mol. The smallest absolute Gasteiger partial charge is 0.196 e. The van der Waals surface area contributed by atoms with Crippen LogP contribution in [0.25, 0.3) is 17.1 Å². The lowest BCUT2D eigenvalue weighted by Gasteiger charge is -2.20. The lowest BCUT2D eigenvalue weighted by Crippen LogP contribution is -2.21. The van der Waals surface area contributed by atoms with Crippen molar-refractivity contribution in [1.29, 1.82) is 0 Å². The van der Waals surface area contributed by atoms with Crippen LogP contribution in [0.1, 0.15) is 31.2 Å². The molecule has 3 aromatic rings. The summed E-state index contributed by atoms with van der Waals surface area (Å²) >= 11 is 1.55. The molecule has 1 unspecified atom stereocenters. The molecule has 0 bridgehead atoms. The molecule has 4 rings (SSSR count). The number of ketones is 1. The number of aryl methyl sites for hydroxylation is 1. The Kier molecular flexibility index (Phi) is 4.89. The fourth-order valence-electron chi connectivity index (χ4n) is 3.33. The molecule has 0 N–H and O–H groups in total. The molecule has 0 spiro atoms. The van der Waals surface area contributed by atoms with E-state index in [-0.39, 0.29) is 5.25 Å². The first-order valence-corrected chi connectivity index (χ1v) is 9.87. The summed E-state index contributed by atoms with van der Waals surface area (Å²) in [6.45, 7) is 2.07. The normalized spacial score (nSPS) is 17.4. The number of thioether (sulfide) groups is 1. The number of nitrogens with zero attached hydrogens (tertiary/aromatic N) is 3. The van der Waals surface area contributed by atoms with Crippen LogP contribution in [0.3, 0.4) is 0 Å². The van der Waals surface area contributed by atoms with Gasteiger partial charge in [-0.15, -0.1) is 10.2 Å². The van der Waals surface area contributed by atoms with Crippen molar-refractivity contribution in [3.8, 4) is 17.1 Å². The van der Waals surface area contributed by atoms with Crippen molar-refractivity contribution in [1.82, 2.24) is 14.8 Å². The fraction of sp³-hybridized carbons (Fsp3) is 0.286. The monoisotopic (exact) mass is 363 g/mol. The van der Waals surface area contributed by atoms with Crippen molar-refractivity contribution in [2.75, 3.05) is 0 Å². The van der Waals surface area contributed by atoms with Crippen LogP contribution in [0.5, 0.6) is 0 Å². The molecule has 1 aliphatic carbocycles. The average molecular weight is 363 g/mol. The lowest BCUT2D eigenvalue weighted by atomic mass is 9.99. The van der Waals surface area contributed by atoms with Crippen LogP contribution in [-0.2, 0) is 4.79 Å². The molecule has 132 valence electrons. The minimum Gasteiger partial charge on any atom is -0.298 e. The van der Waals surface area contributed by atoms with Gasteiger partial charge in [-0.3, -0.25) is 9.36 Å². The van der Waals surface area contributed by atoms with Gasteiger partial charge >= 0.3 is 0 Å². The molecule has 1 saturated carbocycles. The van der Waals surface area contributed by atoms with Gasteiger partial charge in [0.25, 0.3) is 0 Å². The Labute approximate surface area is 157 Å². The van der Waals surface area contributed by atoms with Gasteiger partial charge in [0.15, 0.2) is 11.0 Å². The highest BCUT2D eigenvalue weighted by Gasteiger charge is 2.26. The maximum atomic E-state index is 12.3. The van der Waals surface area contributed by atoms with Gasteiger partial charge in [0, 0.05) is 17.7 Å². The summed E-state index contributed by atoms with van der Waals surface area (Å²) in [7, 11) is 0. The van der Waals surface area contributed by atoms with Crippen LogP contribution >= 0.6 is 11.8 Å². The molecule has 1 fully saturated rings. The summed E-state index contributed by atoms with van der Waals surface area (Å²) in [4.78, 5) is 12.3. The Morgan fingerprint density at radius 3 is 2.65 bits per heavy atom. The molecule has 1 atom stereocenters. The number of rotatable bonds is 4. The van der Waals surface area contributed by atoms with Gasteiger partial charge in [-0.2, -0.15) is 0 Å². The van der Waals surface area contributed by atoms with Gasteiger partial charge < -0.3 is 0 Å². The zero-order chi connectivity index (χ0) is 17.9. The van der Waals surface area contributed by atoms with E-state index in [1.807, 2.05) is 24.3 Å². The van der Waals surface area contributed by atoms with Gasteiger partial charge in [-0.1, -0.05) is 60.1 Å². The Balaban J connectivity index is 1.78. The number of hydrogen-bond donors (Lipinski definition) is 0. The van der Waals surface area contributed by atoms with Gasteiger partial charge in [-0.25, -0.2) is 0 Å². The second-order valence-corrected chi connectivity index (χ2v) is 7.84. The van der Waals surface area contributed by atoms with Crippen molar-refractivity contribution in [2.45, 2.75) is 43.0 Å². The number of benzene rings is 2. The lowest BCUT2D eigenvalue weighted by molar-refractivity contribution is -0.119. The van der Waals surface area contributed by atoms with Crippen molar-refractivity contribution >= 4 is 17.5 Å². The molecule has 26 heavy (non-hydrogen) atoms. The molecule has 0 aliphatic heterocycles. The molecule has 5 heteroatoms. The standard InChI is InChI=1S/C21H21N3OS/c1-15-8-7-9-16(14-15)20-22-23-21(24(20)17-10-3-2-4-11-17)26-19-13-6-5-12-18(19)25/h2-4,7-11,14,19H,5-6,12-13H2,1H3. The van der Waals surface area contributed by atoms with Gasteiger partial charge in [0.1, 0.15) is 5.78 Å². The number of hydrogen-bond acceptors (Lipinski definition) is 4. The van der Waals surface area contributed by atoms with Crippen LogP contribution in [0.4, 0.5) is 0 Å². The van der Waals surface area contributed by atoms with E-state index in [2.05, 4.69) is 52.0 Å². The molecule has 2 aromatic carbocycles. The van der Waals surface area contributed by atoms with E-state index in [1.54, 1.807) is 11.8 Å². The van der Waals surface area contributed by atoms with Gasteiger partial charge in [0.05, 0.1) is 5.25 Å². The fourth-order valence-corrected chi connectivity index (χ4v) is 4.50. The van der Waals surface area contributed by atoms with Crippen LogP contribution in [0, 0.1) is 6.92 Å². The average Bonchev–Trinajstić information content (AvgIpc) is 3.08. The Morgan fingerprint density at radius 2 is 1.88 bits per heavy atom. The Bertz CT molecular complexity index is 920. The predicted octanol–water partition coefficient (Wildman–Crippen LogP) is 4.85. The topological polar surface area (TPSA) is 47.8 Å². The third kappa shape index (κ3) is 3.44. The van der Waals surface area contributed by atoms with E-state index >= 15 is 0 Å². The van der Waals surface area contributed by atoms with Crippen LogP contribution in [0.15, 0.2) is 59.8 Å². The summed E-state index contributed by atoms with van der Waals surface area (Å²) in [5, 5.41) is 9.70. The zero-order valence-electron chi connectivity index (χ0n) is 14.8. The second-order valence-electron chi connectivity index (χ2n) is 6.67. The highest BCUT2D eigenvalue weighted by molar-refractivity contribution is 8.00. The summed E-state index contributed by atoms with van der Waals surface area (Å²) < 4.78 is 2.07. The van der Waals surface area contributed by atoms with Crippen molar-refractivity contribution in [2.24, 2.45) is 0 Å². The summed E-state index contributed by atoms with van der Waals surface area (Å²) in [5.41, 5.74) is 3.23. The first-order valence-electron chi connectivity index (χ1n) is 8.99. The van der Waals surface area contributed by atoms with Gasteiger partial charge in [0.2, 0.25) is 0 Å². The number of carbonyl (C=O) groups is 1. The molecular formula is C21H21N3OS. The third-order valence-electron chi connectivity index (χ3n) is 4.67. The highest BCUT2D eigenvalue weighted by Crippen LogP contribution is 2.34. The molecule has 0 saturated heterocycles. The number of aromatic nitrogens is 3. The zero-order valence-corrected chi connectivity index (χ0v) is 15.6. The molecule has 1 aromatic heterocycles. The summed E-state index contributed by atoms with van der Waals surface area (Å²) in [5.74, 6) is 1.15. The quantitative estimate of drug-likeness (QED) is 0.665. The van der Waals surface area contributed by atoms with Crippen LogP contribution in [0.2, 0.25) is 0 Å². The van der Waals surface area contributed by atoms with Crippen LogP contribution < -0.4 is 0 Å². The number of para-hydroxylation sites is 1. The largest absolute Gasteiger partial charge is 0.298 e. The number of Topliss-reactive ketones (excluding diaryl/α,β-unsaturated/α-hetero) is 1. The van der Waals surface area contributed by atoms with E-state index in [1.165, 1.54) is 5.56 Å². The third-order valence-corrected chi connectivity index (χ3v) is 5.93. The first kappa shape index (κ1) is 17.0. The van der Waals surface area contributed by atoms with E-state index in [0.29, 0.717) is 12.2 Å². The molecule has 1 aliphatic rings. The number of carbonyl (C=O) groups excluding carboxylic acids is 1. The molecule has 1 heterocycles. The highest BCUT2D eigenvalue weighted by atomic mass is 32.2. The Morgan fingerprint density at radius 1 is 1.04 bits per heavy atom. The van der Waals surface area contributed by atoms with E-state index in [0.717, 1.165) is 41.5 Å². The maximum absolute atomic E-state index is 12.3. The molecule has 0 radical (unpaired) electrons. The van der Waals surface area contributed by atoms with Crippen molar-refractivity contribution < 1.29 is 4.79 Å². The summed E-state index contributed by atoms with van der Waals surface area (Å²) in [6, 6.07) is 18.4. The van der Waals surface area contributed by atoms with Crippen molar-refractivity contribution in [3.63, 3.8) is 0 Å². The minimum atomic E-state index is -0.0132. The summed E-state index contributed by atoms with van der Waals surface area (Å²) in [6.07, 6.45) is 3.72. The van der Waals surface area contributed by atoms with E-state index < -0.39 is 0 Å². The van der Waals surface area contributed by atoms with Gasteiger partial charge in [-0.05, 0) is 38.0 Å². The SMILES string of the molecule is Cc1cccc(-c2nnc(SC3CCCCC3=O)n2-c2ccccc2)c1. The predicted molar refractivity (Wildman–Crippen MR) is 105 cm³/mol. The maximum Gasteiger partial charge on any atom is 0.196 e. The second kappa shape index (κ2) is 7.46. The minimum absolute atomic E-state index is 0.0132. The van der Waals surface area contributed by atoms with Crippen molar-refractivity contribution in [3.05, 3.63) is 60.2 Å². The Hall–Kier alpha value is -2.40. The van der Waals surface area contributed by atoms with Crippen LogP contribution in [-0.4, -0.2) is 25.8 Å².